The Kier molecular flexibility index (Phi) is 8.24. The molecule has 172 valence electrons. The number of sulfonamides is 1. The van der Waals surface area contributed by atoms with Crippen LogP contribution in [0.2, 0.25) is 0 Å². The molecule has 0 aromatic heterocycles. The van der Waals surface area contributed by atoms with Crippen molar-refractivity contribution >= 4 is 27.5 Å². The first-order chi connectivity index (χ1) is 15.4. The number of ether oxygens (including phenoxy) is 1. The van der Waals surface area contributed by atoms with E-state index in [0.29, 0.717) is 30.1 Å². The van der Waals surface area contributed by atoms with E-state index in [1.165, 1.54) is 10.4 Å². The van der Waals surface area contributed by atoms with Gasteiger partial charge in [-0.1, -0.05) is 37.1 Å². The molecule has 1 heterocycles. The molecular formula is C23H29N3O5S. The van der Waals surface area contributed by atoms with Crippen LogP contribution in [0.3, 0.4) is 0 Å². The van der Waals surface area contributed by atoms with Crippen LogP contribution in [0.1, 0.15) is 31.2 Å². The normalized spacial score (nSPS) is 14.9. The molecular weight excluding hydrogens is 430 g/mol. The Balaban J connectivity index is 1.56. The maximum Gasteiger partial charge on any atom is 0.258 e. The lowest BCUT2D eigenvalue weighted by atomic mass is 10.2. The van der Waals surface area contributed by atoms with Gasteiger partial charge in [0.1, 0.15) is 5.75 Å². The summed E-state index contributed by atoms with van der Waals surface area (Å²) < 4.78 is 33.2. The number of carbonyl (C=O) groups is 2. The number of hydrogen-bond acceptors (Lipinski definition) is 5. The van der Waals surface area contributed by atoms with Crippen molar-refractivity contribution in [1.29, 1.82) is 0 Å². The van der Waals surface area contributed by atoms with Crippen LogP contribution < -0.4 is 15.4 Å². The van der Waals surface area contributed by atoms with Gasteiger partial charge in [0.15, 0.2) is 6.61 Å². The van der Waals surface area contributed by atoms with E-state index in [1.807, 2.05) is 6.07 Å². The minimum Gasteiger partial charge on any atom is -0.484 e. The SMILES string of the molecule is Cc1ccc(NC(=O)CNC(=O)COc2ccccc2)cc1S(=O)(=O)N1CCCCCC1. The van der Waals surface area contributed by atoms with E-state index < -0.39 is 21.8 Å². The van der Waals surface area contributed by atoms with Crippen molar-refractivity contribution in [3.63, 3.8) is 0 Å². The number of hydrogen-bond donors (Lipinski definition) is 2. The topological polar surface area (TPSA) is 105 Å². The Morgan fingerprint density at radius 2 is 1.66 bits per heavy atom. The first-order valence-corrected chi connectivity index (χ1v) is 12.2. The van der Waals surface area contributed by atoms with Crippen LogP contribution in [-0.2, 0) is 19.6 Å². The Morgan fingerprint density at radius 3 is 2.34 bits per heavy atom. The Bertz CT molecular complexity index is 1030. The summed E-state index contributed by atoms with van der Waals surface area (Å²) in [6.45, 7) is 2.30. The lowest BCUT2D eigenvalue weighted by molar-refractivity contribution is -0.125. The first-order valence-electron chi connectivity index (χ1n) is 10.7. The molecule has 0 unspecified atom stereocenters. The molecule has 0 aliphatic carbocycles. The van der Waals surface area contributed by atoms with Crippen LogP contribution in [0.4, 0.5) is 5.69 Å². The van der Waals surface area contributed by atoms with Crippen LogP contribution in [-0.4, -0.2) is 50.8 Å². The van der Waals surface area contributed by atoms with Gasteiger partial charge in [-0.3, -0.25) is 9.59 Å². The van der Waals surface area contributed by atoms with E-state index in [4.69, 9.17) is 4.74 Å². The highest BCUT2D eigenvalue weighted by molar-refractivity contribution is 7.89. The monoisotopic (exact) mass is 459 g/mol. The summed E-state index contributed by atoms with van der Waals surface area (Å²) in [5.74, 6) is -0.331. The van der Waals surface area contributed by atoms with Gasteiger partial charge in [-0.25, -0.2) is 8.42 Å². The lowest BCUT2D eigenvalue weighted by Gasteiger charge is -2.21. The Hall–Kier alpha value is -2.91. The minimum atomic E-state index is -3.64. The fourth-order valence-corrected chi connectivity index (χ4v) is 5.25. The van der Waals surface area contributed by atoms with Gasteiger partial charge in [-0.2, -0.15) is 4.31 Å². The molecule has 1 aliphatic heterocycles. The molecule has 1 aliphatic rings. The minimum absolute atomic E-state index is 0.192. The Labute approximate surface area is 189 Å². The van der Waals surface area contributed by atoms with Crippen molar-refractivity contribution in [2.75, 3.05) is 31.6 Å². The molecule has 1 fully saturated rings. The first kappa shape index (κ1) is 23.7. The number of para-hydroxylation sites is 1. The molecule has 0 atom stereocenters. The lowest BCUT2D eigenvalue weighted by Crippen LogP contribution is -2.36. The van der Waals surface area contributed by atoms with E-state index in [-0.39, 0.29) is 18.0 Å². The maximum absolute atomic E-state index is 13.1. The number of nitrogens with zero attached hydrogens (tertiary/aromatic N) is 1. The molecule has 0 radical (unpaired) electrons. The molecule has 3 rings (SSSR count). The second kappa shape index (κ2) is 11.1. The van der Waals surface area contributed by atoms with Crippen LogP contribution in [0.5, 0.6) is 5.75 Å². The zero-order valence-corrected chi connectivity index (χ0v) is 19.0. The molecule has 0 saturated carbocycles. The highest BCUT2D eigenvalue weighted by Crippen LogP contribution is 2.25. The molecule has 0 spiro atoms. The van der Waals surface area contributed by atoms with Gasteiger partial charge in [0, 0.05) is 18.8 Å². The number of rotatable bonds is 8. The van der Waals surface area contributed by atoms with Gasteiger partial charge >= 0.3 is 0 Å². The van der Waals surface area contributed by atoms with Crippen LogP contribution >= 0.6 is 0 Å². The van der Waals surface area contributed by atoms with Crippen molar-refractivity contribution in [1.82, 2.24) is 9.62 Å². The molecule has 2 aromatic carbocycles. The number of aryl methyl sites for hydroxylation is 1. The summed E-state index contributed by atoms with van der Waals surface area (Å²) in [6, 6.07) is 13.7. The summed E-state index contributed by atoms with van der Waals surface area (Å²) in [5, 5.41) is 5.13. The van der Waals surface area contributed by atoms with Crippen molar-refractivity contribution in [3.05, 3.63) is 54.1 Å². The van der Waals surface area contributed by atoms with Gasteiger partial charge in [-0.15, -0.1) is 0 Å². The number of anilines is 1. The molecule has 8 nitrogen and oxygen atoms in total. The standard InChI is InChI=1S/C23H29N3O5S/c1-18-11-12-19(15-21(18)32(29,30)26-13-7-2-3-8-14-26)25-22(27)16-24-23(28)17-31-20-9-5-4-6-10-20/h4-6,9-12,15H,2-3,7-8,13-14,16-17H2,1H3,(H,24,28)(H,25,27). The largest absolute Gasteiger partial charge is 0.484 e. The molecule has 2 amide bonds. The van der Waals surface area contributed by atoms with Crippen LogP contribution in [0.25, 0.3) is 0 Å². The predicted molar refractivity (Wildman–Crippen MR) is 122 cm³/mol. The van der Waals surface area contributed by atoms with Gasteiger partial charge in [-0.05, 0) is 49.6 Å². The van der Waals surface area contributed by atoms with Gasteiger partial charge < -0.3 is 15.4 Å². The molecule has 1 saturated heterocycles. The number of carbonyl (C=O) groups excluding carboxylic acids is 2. The highest BCUT2D eigenvalue weighted by Gasteiger charge is 2.27. The van der Waals surface area contributed by atoms with E-state index in [2.05, 4.69) is 10.6 Å². The Morgan fingerprint density at radius 1 is 0.969 bits per heavy atom. The number of nitrogens with one attached hydrogen (secondary N) is 2. The average molecular weight is 460 g/mol. The summed E-state index contributed by atoms with van der Waals surface area (Å²) in [4.78, 5) is 24.4. The maximum atomic E-state index is 13.1. The zero-order chi connectivity index (χ0) is 23.0. The average Bonchev–Trinajstić information content (AvgIpc) is 3.08. The van der Waals surface area contributed by atoms with Gasteiger partial charge in [0.05, 0.1) is 11.4 Å². The summed E-state index contributed by atoms with van der Waals surface area (Å²) in [6.07, 6.45) is 3.76. The van der Waals surface area contributed by atoms with E-state index in [9.17, 15) is 18.0 Å². The molecule has 2 N–H and O–H groups in total. The van der Waals surface area contributed by atoms with Crippen molar-refractivity contribution < 1.29 is 22.7 Å². The fraction of sp³-hybridized carbons (Fsp3) is 0.391. The van der Waals surface area contributed by atoms with Crippen molar-refractivity contribution in [2.45, 2.75) is 37.5 Å². The molecule has 0 bridgehead atoms. The summed E-state index contributed by atoms with van der Waals surface area (Å²) in [5.41, 5.74) is 0.988. The van der Waals surface area contributed by atoms with Crippen molar-refractivity contribution in [3.8, 4) is 5.75 Å². The van der Waals surface area contributed by atoms with E-state index in [0.717, 1.165) is 25.7 Å². The third-order valence-corrected chi connectivity index (χ3v) is 7.25. The van der Waals surface area contributed by atoms with Gasteiger partial charge in [0.2, 0.25) is 15.9 Å². The predicted octanol–water partition coefficient (Wildman–Crippen LogP) is 2.69. The third-order valence-electron chi connectivity index (χ3n) is 5.21. The van der Waals surface area contributed by atoms with Crippen LogP contribution in [0.15, 0.2) is 53.4 Å². The molecule has 2 aromatic rings. The molecule has 32 heavy (non-hydrogen) atoms. The number of benzene rings is 2. The van der Waals surface area contributed by atoms with Crippen LogP contribution in [0, 0.1) is 6.92 Å². The molecule has 9 heteroatoms. The van der Waals surface area contributed by atoms with Crippen molar-refractivity contribution in [2.24, 2.45) is 0 Å². The quantitative estimate of drug-likeness (QED) is 0.632. The van der Waals surface area contributed by atoms with Gasteiger partial charge in [0.25, 0.3) is 5.91 Å². The van der Waals surface area contributed by atoms with E-state index >= 15 is 0 Å². The smallest absolute Gasteiger partial charge is 0.258 e. The second-order valence-corrected chi connectivity index (χ2v) is 9.63. The zero-order valence-electron chi connectivity index (χ0n) is 18.2. The van der Waals surface area contributed by atoms with E-state index in [1.54, 1.807) is 43.3 Å². The summed E-state index contributed by atoms with van der Waals surface area (Å²) in [7, 11) is -3.64. The third kappa shape index (κ3) is 6.54. The number of amides is 2. The second-order valence-electron chi connectivity index (χ2n) is 7.73. The fourth-order valence-electron chi connectivity index (χ4n) is 3.48. The summed E-state index contributed by atoms with van der Waals surface area (Å²) >= 11 is 0. The highest BCUT2D eigenvalue weighted by atomic mass is 32.2.